The Morgan fingerprint density at radius 1 is 0.591 bits per heavy atom. The number of hydrogen-bond donors (Lipinski definition) is 0. The molecule has 0 aliphatic rings. The Morgan fingerprint density at radius 3 is 1.32 bits per heavy atom. The Labute approximate surface area is 147 Å². The highest BCUT2D eigenvalue weighted by atomic mass is 35.5. The Bertz CT molecular complexity index is 742. The summed E-state index contributed by atoms with van der Waals surface area (Å²) in [5, 5.41) is 2.06. The Kier molecular flexibility index (Phi) is 4.55. The van der Waals surface area contributed by atoms with E-state index in [9.17, 15) is 0 Å². The molecule has 3 rings (SSSR count). The summed E-state index contributed by atoms with van der Waals surface area (Å²) in [5.41, 5.74) is 2.52. The molecular weight excluding hydrogens is 362 g/mol. The molecule has 0 fully saturated rings. The highest BCUT2D eigenvalue weighted by Crippen LogP contribution is 2.37. The fourth-order valence-electron chi connectivity index (χ4n) is 2.12. The van der Waals surface area contributed by atoms with Crippen LogP contribution in [0.2, 0.25) is 20.1 Å². The van der Waals surface area contributed by atoms with Crippen molar-refractivity contribution >= 4 is 46.4 Å². The fraction of sp³-hybridized carbons (Fsp3) is 0. The maximum absolute atomic E-state index is 6.23. The third-order valence-electron chi connectivity index (χ3n) is 3.10. The summed E-state index contributed by atoms with van der Waals surface area (Å²) in [4.78, 5) is 8.50. The zero-order valence-electron chi connectivity index (χ0n) is 11.0. The van der Waals surface area contributed by atoms with Crippen molar-refractivity contribution < 1.29 is 0 Å². The molecule has 1 aromatic heterocycles. The van der Waals surface area contributed by atoms with Gasteiger partial charge in [-0.1, -0.05) is 58.5 Å². The molecule has 0 bridgehead atoms. The van der Waals surface area contributed by atoms with E-state index in [0.717, 1.165) is 0 Å². The van der Waals surface area contributed by atoms with E-state index in [2.05, 4.69) is 9.97 Å². The van der Waals surface area contributed by atoms with Crippen LogP contribution in [0.1, 0.15) is 0 Å². The van der Waals surface area contributed by atoms with Crippen molar-refractivity contribution in [1.29, 1.82) is 0 Å². The summed E-state index contributed by atoms with van der Waals surface area (Å²) in [6, 6.07) is 12.3. The van der Waals surface area contributed by atoms with E-state index in [-0.39, 0.29) is 0 Å². The second-order valence-electron chi connectivity index (χ2n) is 4.48. The summed E-state index contributed by atoms with van der Waals surface area (Å²) >= 11 is 24.9. The van der Waals surface area contributed by atoms with Gasteiger partial charge in [-0.2, -0.15) is 0 Å². The second-order valence-corrected chi connectivity index (χ2v) is 6.11. The van der Waals surface area contributed by atoms with E-state index in [1.807, 2.05) is 0 Å². The normalized spacial score (nSPS) is 10.7. The lowest BCUT2D eigenvalue weighted by atomic mass is 10.1. The van der Waals surface area contributed by atoms with Crippen LogP contribution in [0.15, 0.2) is 48.8 Å². The Morgan fingerprint density at radius 2 is 0.955 bits per heavy atom. The van der Waals surface area contributed by atoms with Crippen LogP contribution >= 0.6 is 46.4 Å². The van der Waals surface area contributed by atoms with Gasteiger partial charge in [0, 0.05) is 11.1 Å². The predicted octanol–water partition coefficient (Wildman–Crippen LogP) is 6.42. The maximum Gasteiger partial charge on any atom is 0.116 e. The number of nitrogens with zero attached hydrogens (tertiary/aromatic N) is 2. The molecule has 0 N–H and O–H groups in total. The molecule has 1 heterocycles. The van der Waals surface area contributed by atoms with Gasteiger partial charge < -0.3 is 0 Å². The summed E-state index contributed by atoms with van der Waals surface area (Å²) in [6.07, 6.45) is 1.43. The molecule has 0 saturated carbocycles. The van der Waals surface area contributed by atoms with Crippen molar-refractivity contribution in [3.8, 4) is 22.5 Å². The molecule has 0 unspecified atom stereocenters. The monoisotopic (exact) mass is 368 g/mol. The van der Waals surface area contributed by atoms with Gasteiger partial charge in [0.15, 0.2) is 0 Å². The minimum absolute atomic E-state index is 0.516. The molecule has 0 aliphatic heterocycles. The first-order valence-corrected chi connectivity index (χ1v) is 7.80. The highest BCUT2D eigenvalue weighted by Gasteiger charge is 2.14. The van der Waals surface area contributed by atoms with Gasteiger partial charge in [-0.05, 0) is 30.3 Å². The van der Waals surface area contributed by atoms with Crippen LogP contribution in [-0.2, 0) is 0 Å². The van der Waals surface area contributed by atoms with Crippen molar-refractivity contribution in [3.05, 3.63) is 68.9 Å². The summed E-state index contributed by atoms with van der Waals surface area (Å²) < 4.78 is 0. The first-order chi connectivity index (χ1) is 10.6. The van der Waals surface area contributed by atoms with Crippen LogP contribution in [-0.4, -0.2) is 9.97 Å². The van der Waals surface area contributed by atoms with Gasteiger partial charge in [-0.15, -0.1) is 0 Å². The van der Waals surface area contributed by atoms with Gasteiger partial charge in [0.05, 0.1) is 31.5 Å². The fourth-order valence-corrected chi connectivity index (χ4v) is 3.30. The number of rotatable bonds is 2. The first kappa shape index (κ1) is 15.6. The van der Waals surface area contributed by atoms with E-state index in [1.54, 1.807) is 42.5 Å². The van der Waals surface area contributed by atoms with Crippen LogP contribution in [0.3, 0.4) is 0 Å². The number of benzene rings is 2. The molecule has 0 amide bonds. The van der Waals surface area contributed by atoms with Crippen LogP contribution in [0.25, 0.3) is 22.5 Å². The van der Waals surface area contributed by atoms with Crippen molar-refractivity contribution in [1.82, 2.24) is 9.97 Å². The number of aromatic nitrogens is 2. The third-order valence-corrected chi connectivity index (χ3v) is 4.36. The van der Waals surface area contributed by atoms with E-state index in [0.29, 0.717) is 42.6 Å². The molecular formula is C16H8Cl4N2. The summed E-state index contributed by atoms with van der Waals surface area (Å²) in [6.45, 7) is 0. The molecule has 3 aromatic rings. The average molecular weight is 370 g/mol. The molecule has 22 heavy (non-hydrogen) atoms. The van der Waals surface area contributed by atoms with Crippen LogP contribution in [0.5, 0.6) is 0 Å². The first-order valence-electron chi connectivity index (χ1n) is 6.28. The van der Waals surface area contributed by atoms with E-state index in [4.69, 9.17) is 46.4 Å². The lowest BCUT2D eigenvalue weighted by Gasteiger charge is -2.09. The third kappa shape index (κ3) is 2.92. The lowest BCUT2D eigenvalue weighted by Crippen LogP contribution is -1.92. The van der Waals surface area contributed by atoms with Crippen molar-refractivity contribution in [2.45, 2.75) is 0 Å². The van der Waals surface area contributed by atoms with Gasteiger partial charge >= 0.3 is 0 Å². The predicted molar refractivity (Wildman–Crippen MR) is 92.9 cm³/mol. The zero-order chi connectivity index (χ0) is 15.7. The molecule has 6 heteroatoms. The van der Waals surface area contributed by atoms with E-state index in [1.165, 1.54) is 6.33 Å². The number of hydrogen-bond acceptors (Lipinski definition) is 2. The minimum Gasteiger partial charge on any atom is -0.236 e. The van der Waals surface area contributed by atoms with Crippen molar-refractivity contribution in [2.24, 2.45) is 0 Å². The highest BCUT2D eigenvalue weighted by molar-refractivity contribution is 6.40. The maximum atomic E-state index is 6.23. The van der Waals surface area contributed by atoms with Crippen LogP contribution in [0.4, 0.5) is 0 Å². The van der Waals surface area contributed by atoms with E-state index < -0.39 is 0 Å². The molecule has 2 nitrogen and oxygen atoms in total. The van der Waals surface area contributed by atoms with Crippen molar-refractivity contribution in [3.63, 3.8) is 0 Å². The molecule has 0 spiro atoms. The largest absolute Gasteiger partial charge is 0.236 e. The van der Waals surface area contributed by atoms with E-state index >= 15 is 0 Å². The second kappa shape index (κ2) is 6.43. The molecule has 2 aromatic carbocycles. The van der Waals surface area contributed by atoms with Crippen LogP contribution in [0, 0.1) is 0 Å². The number of halogens is 4. The van der Waals surface area contributed by atoms with Gasteiger partial charge in [-0.25, -0.2) is 9.97 Å². The van der Waals surface area contributed by atoms with Crippen molar-refractivity contribution in [2.75, 3.05) is 0 Å². The molecule has 0 radical (unpaired) electrons. The van der Waals surface area contributed by atoms with Gasteiger partial charge in [0.25, 0.3) is 0 Å². The summed E-state index contributed by atoms with van der Waals surface area (Å²) in [7, 11) is 0. The Balaban J connectivity index is 2.19. The molecule has 0 aliphatic carbocycles. The molecule has 0 atom stereocenters. The lowest BCUT2D eigenvalue weighted by molar-refractivity contribution is 1.18. The quantitative estimate of drug-likeness (QED) is 0.520. The van der Waals surface area contributed by atoms with Gasteiger partial charge in [0.2, 0.25) is 0 Å². The van der Waals surface area contributed by atoms with Gasteiger partial charge in [0.1, 0.15) is 6.33 Å². The average Bonchev–Trinajstić information content (AvgIpc) is 2.47. The molecule has 110 valence electrons. The SMILES string of the molecule is Clc1cccc(Cl)c1-c1cc(-c2c(Cl)cccc2Cl)ncn1. The molecule has 0 saturated heterocycles. The minimum atomic E-state index is 0.516. The smallest absolute Gasteiger partial charge is 0.116 e. The summed E-state index contributed by atoms with van der Waals surface area (Å²) in [5.74, 6) is 0. The topological polar surface area (TPSA) is 25.8 Å². The van der Waals surface area contributed by atoms with Gasteiger partial charge in [-0.3, -0.25) is 0 Å². The Hall–Kier alpha value is -1.32. The van der Waals surface area contributed by atoms with Crippen LogP contribution < -0.4 is 0 Å². The zero-order valence-corrected chi connectivity index (χ0v) is 14.0. The standard InChI is InChI=1S/C16H8Cl4N2/c17-9-3-1-4-10(18)15(9)13-7-14(22-8-21-13)16-11(19)5-2-6-12(16)20/h1-8H.